The molecule has 1 aromatic rings. The second-order valence-electron chi connectivity index (χ2n) is 3.69. The molecular formula is C12H15Cl2NO2. The lowest BCUT2D eigenvalue weighted by Gasteiger charge is -2.25. The number of hydrogen-bond acceptors (Lipinski definition) is 3. The van der Waals surface area contributed by atoms with Gasteiger partial charge in [0.15, 0.2) is 11.5 Å². The molecule has 17 heavy (non-hydrogen) atoms. The normalized spacial score (nSPS) is 13.5. The van der Waals surface area contributed by atoms with Crippen LogP contribution >= 0.6 is 23.2 Å². The highest BCUT2D eigenvalue weighted by Gasteiger charge is 2.14. The summed E-state index contributed by atoms with van der Waals surface area (Å²) in [6.45, 7) is 2.75. The molecular weight excluding hydrogens is 261 g/mol. The van der Waals surface area contributed by atoms with Crippen LogP contribution in [0.25, 0.3) is 0 Å². The molecule has 1 aliphatic heterocycles. The lowest BCUT2D eigenvalue weighted by atomic mass is 10.2. The molecule has 1 aromatic carbocycles. The van der Waals surface area contributed by atoms with Crippen LogP contribution in [0.1, 0.15) is 0 Å². The van der Waals surface area contributed by atoms with Gasteiger partial charge in [0.05, 0.1) is 0 Å². The third kappa shape index (κ3) is 3.11. The largest absolute Gasteiger partial charge is 0.486 e. The third-order valence-electron chi connectivity index (χ3n) is 2.60. The lowest BCUT2D eigenvalue weighted by molar-refractivity contribution is 0.171. The molecule has 0 unspecified atom stereocenters. The maximum atomic E-state index is 5.78. The molecule has 5 heteroatoms. The van der Waals surface area contributed by atoms with Gasteiger partial charge in [0.1, 0.15) is 13.2 Å². The summed E-state index contributed by atoms with van der Waals surface area (Å²) >= 11 is 11.6. The van der Waals surface area contributed by atoms with Crippen molar-refractivity contribution >= 4 is 28.9 Å². The number of anilines is 1. The summed E-state index contributed by atoms with van der Waals surface area (Å²) in [6, 6.07) is 5.92. The van der Waals surface area contributed by atoms with Gasteiger partial charge in [-0.15, -0.1) is 23.2 Å². The average Bonchev–Trinajstić information content (AvgIpc) is 2.38. The van der Waals surface area contributed by atoms with Crippen LogP contribution in [0.2, 0.25) is 0 Å². The van der Waals surface area contributed by atoms with Crippen LogP contribution in [0.5, 0.6) is 11.5 Å². The van der Waals surface area contributed by atoms with Gasteiger partial charge in [-0.3, -0.25) is 0 Å². The number of alkyl halides is 2. The van der Waals surface area contributed by atoms with E-state index in [9.17, 15) is 0 Å². The molecule has 2 rings (SSSR count). The van der Waals surface area contributed by atoms with Gasteiger partial charge in [-0.2, -0.15) is 0 Å². The summed E-state index contributed by atoms with van der Waals surface area (Å²) in [5, 5.41) is 0. The third-order valence-corrected chi connectivity index (χ3v) is 2.94. The van der Waals surface area contributed by atoms with Crippen molar-refractivity contribution < 1.29 is 9.47 Å². The van der Waals surface area contributed by atoms with Crippen LogP contribution < -0.4 is 14.4 Å². The highest BCUT2D eigenvalue weighted by molar-refractivity contribution is 6.18. The summed E-state index contributed by atoms with van der Waals surface area (Å²) in [7, 11) is 0. The zero-order valence-corrected chi connectivity index (χ0v) is 11.0. The molecule has 1 heterocycles. The first-order valence-corrected chi connectivity index (χ1v) is 6.68. The van der Waals surface area contributed by atoms with E-state index >= 15 is 0 Å². The van der Waals surface area contributed by atoms with Crippen LogP contribution in [0, 0.1) is 0 Å². The van der Waals surface area contributed by atoms with E-state index in [4.69, 9.17) is 32.7 Å². The average molecular weight is 276 g/mol. The number of ether oxygens (including phenoxy) is 2. The van der Waals surface area contributed by atoms with Crippen molar-refractivity contribution in [1.82, 2.24) is 0 Å². The van der Waals surface area contributed by atoms with Crippen LogP contribution in [0.15, 0.2) is 18.2 Å². The van der Waals surface area contributed by atoms with Gasteiger partial charge in [0, 0.05) is 36.6 Å². The van der Waals surface area contributed by atoms with Gasteiger partial charge in [0.25, 0.3) is 0 Å². The first kappa shape index (κ1) is 12.7. The molecule has 0 bridgehead atoms. The Hall–Kier alpha value is -0.800. The van der Waals surface area contributed by atoms with Crippen LogP contribution in [-0.4, -0.2) is 38.1 Å². The topological polar surface area (TPSA) is 21.7 Å². The monoisotopic (exact) mass is 275 g/mol. The van der Waals surface area contributed by atoms with Crippen LogP contribution in [0.3, 0.4) is 0 Å². The maximum absolute atomic E-state index is 5.78. The van der Waals surface area contributed by atoms with Gasteiger partial charge in [-0.05, 0) is 12.1 Å². The number of hydrogen-bond donors (Lipinski definition) is 0. The Morgan fingerprint density at radius 2 is 1.65 bits per heavy atom. The fourth-order valence-corrected chi connectivity index (χ4v) is 2.21. The number of nitrogens with zero attached hydrogens (tertiary/aromatic N) is 1. The molecule has 0 aromatic heterocycles. The Balaban J connectivity index is 2.18. The molecule has 0 spiro atoms. The molecule has 0 radical (unpaired) electrons. The Labute approximate surface area is 111 Å². The fourth-order valence-electron chi connectivity index (χ4n) is 1.80. The summed E-state index contributed by atoms with van der Waals surface area (Å²) < 4.78 is 11.0. The van der Waals surface area contributed by atoms with E-state index < -0.39 is 0 Å². The molecule has 0 fully saturated rings. The van der Waals surface area contributed by atoms with E-state index in [-0.39, 0.29) is 0 Å². The van der Waals surface area contributed by atoms with E-state index in [1.54, 1.807) is 0 Å². The number of rotatable bonds is 5. The van der Waals surface area contributed by atoms with E-state index in [2.05, 4.69) is 4.90 Å². The molecule has 0 amide bonds. The molecule has 0 saturated carbocycles. The van der Waals surface area contributed by atoms with E-state index in [1.165, 1.54) is 0 Å². The predicted molar refractivity (Wildman–Crippen MR) is 71.1 cm³/mol. The Bertz CT molecular complexity index is 368. The minimum absolute atomic E-state index is 0.575. The molecule has 0 N–H and O–H groups in total. The van der Waals surface area contributed by atoms with E-state index in [0.717, 1.165) is 30.3 Å². The SMILES string of the molecule is ClCCN(CCCl)c1ccc2c(c1)OCCO2. The molecule has 3 nitrogen and oxygen atoms in total. The molecule has 94 valence electrons. The van der Waals surface area contributed by atoms with Gasteiger partial charge >= 0.3 is 0 Å². The number of fused-ring (bicyclic) bond motifs is 1. The van der Waals surface area contributed by atoms with Crippen molar-refractivity contribution in [3.63, 3.8) is 0 Å². The fraction of sp³-hybridized carbons (Fsp3) is 0.500. The first-order chi connectivity index (χ1) is 8.35. The maximum Gasteiger partial charge on any atom is 0.163 e. The second kappa shape index (κ2) is 6.22. The van der Waals surface area contributed by atoms with Crippen LogP contribution in [-0.2, 0) is 0 Å². The van der Waals surface area contributed by atoms with Crippen molar-refractivity contribution in [3.05, 3.63) is 18.2 Å². The van der Waals surface area contributed by atoms with Gasteiger partial charge in [-0.1, -0.05) is 0 Å². The summed E-state index contributed by atoms with van der Waals surface area (Å²) in [6.07, 6.45) is 0. The van der Waals surface area contributed by atoms with Crippen molar-refractivity contribution in [2.45, 2.75) is 0 Å². The quantitative estimate of drug-likeness (QED) is 0.772. The summed E-state index contributed by atoms with van der Waals surface area (Å²) in [5.41, 5.74) is 1.07. The Kier molecular flexibility index (Phi) is 4.63. The summed E-state index contributed by atoms with van der Waals surface area (Å²) in [4.78, 5) is 2.14. The molecule has 0 saturated heterocycles. The van der Waals surface area contributed by atoms with Gasteiger partial charge in [0.2, 0.25) is 0 Å². The Morgan fingerprint density at radius 1 is 1.00 bits per heavy atom. The van der Waals surface area contributed by atoms with Crippen molar-refractivity contribution in [2.24, 2.45) is 0 Å². The van der Waals surface area contributed by atoms with E-state index in [1.807, 2.05) is 18.2 Å². The smallest absolute Gasteiger partial charge is 0.163 e. The first-order valence-electron chi connectivity index (χ1n) is 5.61. The molecule has 0 aliphatic carbocycles. The minimum Gasteiger partial charge on any atom is -0.486 e. The number of benzene rings is 1. The van der Waals surface area contributed by atoms with Crippen LogP contribution in [0.4, 0.5) is 5.69 Å². The Morgan fingerprint density at radius 3 is 2.29 bits per heavy atom. The van der Waals surface area contributed by atoms with E-state index in [0.29, 0.717) is 25.0 Å². The molecule has 0 atom stereocenters. The second-order valence-corrected chi connectivity index (χ2v) is 4.45. The zero-order chi connectivity index (χ0) is 12.1. The number of halogens is 2. The zero-order valence-electron chi connectivity index (χ0n) is 9.49. The standard InChI is InChI=1S/C12H15Cl2NO2/c13-3-5-15(6-4-14)10-1-2-11-12(9-10)17-8-7-16-11/h1-2,9H,3-8H2. The minimum atomic E-state index is 0.575. The highest BCUT2D eigenvalue weighted by Crippen LogP contribution is 2.33. The van der Waals surface area contributed by atoms with Crippen molar-refractivity contribution in [1.29, 1.82) is 0 Å². The summed E-state index contributed by atoms with van der Waals surface area (Å²) in [5.74, 6) is 2.75. The predicted octanol–water partition coefficient (Wildman–Crippen LogP) is 2.74. The highest BCUT2D eigenvalue weighted by atomic mass is 35.5. The van der Waals surface area contributed by atoms with Gasteiger partial charge < -0.3 is 14.4 Å². The van der Waals surface area contributed by atoms with Crippen molar-refractivity contribution in [3.8, 4) is 11.5 Å². The molecule has 1 aliphatic rings. The lowest BCUT2D eigenvalue weighted by Crippen LogP contribution is -2.27. The van der Waals surface area contributed by atoms with Gasteiger partial charge in [-0.25, -0.2) is 0 Å². The van der Waals surface area contributed by atoms with Crippen molar-refractivity contribution in [2.75, 3.05) is 43.0 Å².